The van der Waals surface area contributed by atoms with Gasteiger partial charge in [0.2, 0.25) is 17.4 Å². The molecule has 0 spiro atoms. The second-order valence-corrected chi connectivity index (χ2v) is 6.90. The van der Waals surface area contributed by atoms with E-state index < -0.39 is 78.7 Å². The van der Waals surface area contributed by atoms with Gasteiger partial charge >= 0.3 is 0 Å². The number of hydrogen-bond acceptors (Lipinski definition) is 11. The van der Waals surface area contributed by atoms with Gasteiger partial charge in [-0.2, -0.15) is 0 Å². The number of nitrogens with zero attached hydrogens (tertiary/aromatic N) is 1. The average molecular weight is 448 g/mol. The Morgan fingerprint density at radius 3 is 1.81 bits per heavy atom. The predicted octanol–water partition coefficient (Wildman–Crippen LogP) is -4.60. The van der Waals surface area contributed by atoms with Gasteiger partial charge in [0.1, 0.15) is 5.75 Å². The highest BCUT2D eigenvalue weighted by atomic mass is 16.3. The molecule has 1 unspecified atom stereocenters. The number of benzene rings is 1. The largest absolute Gasteiger partial charge is 0.508 e. The van der Waals surface area contributed by atoms with Crippen LogP contribution in [-0.4, -0.2) is 83.3 Å². The van der Waals surface area contributed by atoms with E-state index >= 15 is 0 Å². The monoisotopic (exact) mass is 448 g/mol. The van der Waals surface area contributed by atoms with Crippen molar-refractivity contribution >= 4 is 35.1 Å². The molecule has 1 saturated heterocycles. The topological polar surface area (TPSA) is 242 Å². The van der Waals surface area contributed by atoms with Gasteiger partial charge in [-0.25, -0.2) is 0 Å². The fraction of sp³-hybridized carbons (Fsp3) is 0.368. The predicted molar refractivity (Wildman–Crippen MR) is 109 cm³/mol. The number of nitrogens with one attached hydrogen (secondary N) is 1. The number of amides is 3. The summed E-state index contributed by atoms with van der Waals surface area (Å²) in [5.74, 6) is -7.52. The molecule has 1 aliphatic heterocycles. The van der Waals surface area contributed by atoms with Gasteiger partial charge in [-0.05, 0) is 17.7 Å². The highest BCUT2D eigenvalue weighted by Gasteiger charge is 2.74. The van der Waals surface area contributed by atoms with E-state index in [1.165, 1.54) is 0 Å². The Morgan fingerprint density at radius 2 is 1.38 bits per heavy atom. The standard InChI is InChI=1S/C19H24N6O7/c20-5-12(27)18(10-1-3-11(26)4-2-10)14(29)9-24-17(32)19(18,13(28)6-21)25(15(30)7-22)16(31)8-23/h1-4,26H,5-9,20-23H2,(H,24,32)/t18?,19-/m1/s1. The van der Waals surface area contributed by atoms with Crippen LogP contribution < -0.4 is 28.3 Å². The quantitative estimate of drug-likeness (QED) is 0.207. The number of phenolic OH excluding ortho intramolecular Hbond substituents is 1. The van der Waals surface area contributed by atoms with Crippen LogP contribution in [0, 0.1) is 0 Å². The van der Waals surface area contributed by atoms with Crippen LogP contribution in [0.3, 0.4) is 0 Å². The van der Waals surface area contributed by atoms with Crippen molar-refractivity contribution in [1.29, 1.82) is 0 Å². The molecule has 1 aliphatic rings. The maximum Gasteiger partial charge on any atom is 0.256 e. The molecule has 0 saturated carbocycles. The van der Waals surface area contributed by atoms with E-state index in [0.29, 0.717) is 0 Å². The van der Waals surface area contributed by atoms with Crippen LogP contribution in [0.1, 0.15) is 5.56 Å². The summed E-state index contributed by atoms with van der Waals surface area (Å²) in [7, 11) is 0. The molecule has 13 heteroatoms. The molecule has 1 fully saturated rings. The minimum Gasteiger partial charge on any atom is -0.508 e. The number of nitrogens with two attached hydrogens (primary N) is 4. The van der Waals surface area contributed by atoms with Gasteiger partial charge in [-0.1, -0.05) is 12.1 Å². The highest BCUT2D eigenvalue weighted by molar-refractivity contribution is 6.33. The SMILES string of the molecule is NCC(=O)N(C(=O)CN)[C@]1(C(=O)CN)C(=O)NCC(=O)C1(C(=O)CN)c1ccc(O)cc1. The number of ketones is 3. The van der Waals surface area contributed by atoms with Crippen LogP contribution >= 0.6 is 0 Å². The maximum atomic E-state index is 13.5. The summed E-state index contributed by atoms with van der Waals surface area (Å²) in [5.41, 5.74) is 15.9. The first-order chi connectivity index (χ1) is 15.1. The lowest BCUT2D eigenvalue weighted by atomic mass is 9.55. The summed E-state index contributed by atoms with van der Waals surface area (Å²) >= 11 is 0. The number of piperidine rings is 1. The zero-order chi connectivity index (χ0) is 24.3. The van der Waals surface area contributed by atoms with E-state index in [0.717, 1.165) is 24.3 Å². The molecule has 2 rings (SSSR count). The van der Waals surface area contributed by atoms with Crippen molar-refractivity contribution in [2.45, 2.75) is 11.0 Å². The Labute approximate surface area is 182 Å². The minimum atomic E-state index is -3.09. The van der Waals surface area contributed by atoms with Crippen LogP contribution in [0.2, 0.25) is 0 Å². The Morgan fingerprint density at radius 1 is 0.875 bits per heavy atom. The number of carbonyl (C=O) groups excluding carboxylic acids is 6. The fourth-order valence-electron chi connectivity index (χ4n) is 4.12. The van der Waals surface area contributed by atoms with Crippen molar-refractivity contribution in [3.63, 3.8) is 0 Å². The lowest BCUT2D eigenvalue weighted by Crippen LogP contribution is -2.84. The number of carbonyl (C=O) groups is 6. The summed E-state index contributed by atoms with van der Waals surface area (Å²) < 4.78 is 0. The van der Waals surface area contributed by atoms with Gasteiger partial charge in [-0.3, -0.25) is 33.7 Å². The first kappa shape index (κ1) is 24.7. The highest BCUT2D eigenvalue weighted by Crippen LogP contribution is 2.45. The van der Waals surface area contributed by atoms with E-state index in [2.05, 4.69) is 5.32 Å². The lowest BCUT2D eigenvalue weighted by Gasteiger charge is -2.52. The van der Waals surface area contributed by atoms with Gasteiger partial charge < -0.3 is 33.4 Å². The average Bonchev–Trinajstić information content (AvgIpc) is 2.80. The van der Waals surface area contributed by atoms with Crippen molar-refractivity contribution < 1.29 is 33.9 Å². The molecule has 10 N–H and O–H groups in total. The summed E-state index contributed by atoms with van der Waals surface area (Å²) in [5, 5.41) is 11.8. The number of rotatable bonds is 8. The third-order valence-electron chi connectivity index (χ3n) is 5.38. The number of imide groups is 1. The first-order valence-corrected chi connectivity index (χ1v) is 9.44. The zero-order valence-electron chi connectivity index (χ0n) is 17.0. The molecule has 2 atom stereocenters. The Bertz CT molecular complexity index is 943. The van der Waals surface area contributed by atoms with E-state index in [1.54, 1.807) is 0 Å². The van der Waals surface area contributed by atoms with Crippen molar-refractivity contribution in [3.05, 3.63) is 29.8 Å². The molecule has 0 radical (unpaired) electrons. The zero-order valence-corrected chi connectivity index (χ0v) is 17.0. The van der Waals surface area contributed by atoms with Gasteiger partial charge in [0.15, 0.2) is 22.8 Å². The van der Waals surface area contributed by atoms with Crippen molar-refractivity contribution in [3.8, 4) is 5.75 Å². The van der Waals surface area contributed by atoms with E-state index in [4.69, 9.17) is 22.9 Å². The number of Topliss-reactive ketones (excluding diaryl/α,β-unsaturated/α-hetero) is 3. The first-order valence-electron chi connectivity index (χ1n) is 9.44. The molecule has 1 heterocycles. The van der Waals surface area contributed by atoms with Gasteiger partial charge in [0.05, 0.1) is 32.7 Å². The van der Waals surface area contributed by atoms with Gasteiger partial charge in [-0.15, -0.1) is 0 Å². The molecular weight excluding hydrogens is 424 g/mol. The molecule has 1 aromatic rings. The van der Waals surface area contributed by atoms with Crippen molar-refractivity contribution in [1.82, 2.24) is 10.2 Å². The molecule has 1 aromatic carbocycles. The Kier molecular flexibility index (Phi) is 7.20. The molecule has 3 amide bonds. The number of aromatic hydroxyl groups is 1. The second kappa shape index (κ2) is 9.32. The fourth-order valence-corrected chi connectivity index (χ4v) is 4.12. The Balaban J connectivity index is 3.19. The van der Waals surface area contributed by atoms with Crippen LogP contribution in [0.15, 0.2) is 24.3 Å². The third kappa shape index (κ3) is 3.27. The van der Waals surface area contributed by atoms with E-state index in [-0.39, 0.29) is 16.2 Å². The third-order valence-corrected chi connectivity index (χ3v) is 5.38. The maximum absolute atomic E-state index is 13.5. The smallest absolute Gasteiger partial charge is 0.256 e. The summed E-state index contributed by atoms with van der Waals surface area (Å²) in [6.45, 7) is -4.23. The van der Waals surface area contributed by atoms with Crippen LogP contribution in [0.5, 0.6) is 5.75 Å². The van der Waals surface area contributed by atoms with Crippen LogP contribution in [0.25, 0.3) is 0 Å². The minimum absolute atomic E-state index is 0.148. The molecular formula is C19H24N6O7. The van der Waals surface area contributed by atoms with Crippen LogP contribution in [0.4, 0.5) is 0 Å². The van der Waals surface area contributed by atoms with Crippen LogP contribution in [-0.2, 0) is 34.2 Å². The molecule has 0 aliphatic carbocycles. The molecule has 32 heavy (non-hydrogen) atoms. The molecule has 13 nitrogen and oxygen atoms in total. The number of hydrogen-bond donors (Lipinski definition) is 6. The summed E-state index contributed by atoms with van der Waals surface area (Å²) in [6.07, 6.45) is 0. The van der Waals surface area contributed by atoms with Crippen molar-refractivity contribution in [2.24, 2.45) is 22.9 Å². The van der Waals surface area contributed by atoms with Gasteiger partial charge in [0.25, 0.3) is 5.91 Å². The molecule has 0 bridgehead atoms. The number of phenols is 1. The van der Waals surface area contributed by atoms with E-state index in [1.807, 2.05) is 0 Å². The summed E-state index contributed by atoms with van der Waals surface area (Å²) in [6, 6.07) is 4.41. The second-order valence-electron chi connectivity index (χ2n) is 6.90. The van der Waals surface area contributed by atoms with E-state index in [9.17, 15) is 33.9 Å². The van der Waals surface area contributed by atoms with Crippen molar-refractivity contribution in [2.75, 3.05) is 32.7 Å². The lowest BCUT2D eigenvalue weighted by molar-refractivity contribution is -0.174. The van der Waals surface area contributed by atoms with Gasteiger partial charge in [0, 0.05) is 0 Å². The molecule has 172 valence electrons. The normalized spacial score (nSPS) is 22.8. The Hall–Kier alpha value is -3.52. The summed E-state index contributed by atoms with van der Waals surface area (Å²) in [4.78, 5) is 79.5. The molecule has 0 aromatic heterocycles.